The number of benzene rings is 1. The maximum absolute atomic E-state index is 11.7. The Labute approximate surface area is 111 Å². The molecule has 4 nitrogen and oxygen atoms in total. The highest BCUT2D eigenvalue weighted by Crippen LogP contribution is 2.27. The second-order valence-electron chi connectivity index (χ2n) is 4.12. The second-order valence-corrected chi connectivity index (χ2v) is 4.53. The predicted octanol–water partition coefficient (Wildman–Crippen LogP) is 2.01. The van der Waals surface area contributed by atoms with Crippen molar-refractivity contribution < 1.29 is 14.3 Å². The lowest BCUT2D eigenvalue weighted by atomic mass is 10.1. The molecule has 98 valence electrons. The van der Waals surface area contributed by atoms with Gasteiger partial charge in [-0.05, 0) is 18.2 Å². The Kier molecular flexibility index (Phi) is 4.58. The molecule has 0 N–H and O–H groups in total. The molecule has 1 heterocycles. The zero-order valence-corrected chi connectivity index (χ0v) is 11.1. The minimum Gasteiger partial charge on any atom is -0.378 e. The molecule has 2 rings (SSSR count). The number of anilines is 1. The molecule has 1 aromatic carbocycles. The van der Waals surface area contributed by atoms with E-state index in [-0.39, 0.29) is 12.4 Å². The SMILES string of the molecule is COCC(=O)c1ccc(N2CCOCC2)c(Cl)c1. The molecule has 1 fully saturated rings. The maximum atomic E-state index is 11.7. The number of hydrogen-bond acceptors (Lipinski definition) is 4. The average molecular weight is 270 g/mol. The van der Waals surface area contributed by atoms with Crippen molar-refractivity contribution in [3.63, 3.8) is 0 Å². The van der Waals surface area contributed by atoms with Crippen molar-refractivity contribution in [1.29, 1.82) is 0 Å². The molecule has 0 bridgehead atoms. The number of ketones is 1. The van der Waals surface area contributed by atoms with Gasteiger partial charge in [0.15, 0.2) is 5.78 Å². The number of Topliss-reactive ketones (excluding diaryl/α,β-unsaturated/α-hetero) is 1. The molecule has 5 heteroatoms. The molecule has 0 amide bonds. The Morgan fingerprint density at radius 2 is 2.17 bits per heavy atom. The summed E-state index contributed by atoms with van der Waals surface area (Å²) in [7, 11) is 1.50. The molecular weight excluding hydrogens is 254 g/mol. The van der Waals surface area contributed by atoms with Gasteiger partial charge in [-0.3, -0.25) is 4.79 Å². The van der Waals surface area contributed by atoms with E-state index >= 15 is 0 Å². The quantitative estimate of drug-likeness (QED) is 0.784. The van der Waals surface area contributed by atoms with Crippen LogP contribution in [0.3, 0.4) is 0 Å². The summed E-state index contributed by atoms with van der Waals surface area (Å²) < 4.78 is 10.1. The molecule has 0 aromatic heterocycles. The lowest BCUT2D eigenvalue weighted by molar-refractivity contribution is 0.0848. The summed E-state index contributed by atoms with van der Waals surface area (Å²) in [6, 6.07) is 5.38. The zero-order valence-electron chi connectivity index (χ0n) is 10.3. The van der Waals surface area contributed by atoms with Crippen LogP contribution < -0.4 is 4.90 Å². The molecule has 1 saturated heterocycles. The fourth-order valence-electron chi connectivity index (χ4n) is 1.96. The van der Waals surface area contributed by atoms with Crippen LogP contribution in [0.15, 0.2) is 18.2 Å². The van der Waals surface area contributed by atoms with Gasteiger partial charge >= 0.3 is 0 Å². The number of hydrogen-bond donors (Lipinski definition) is 0. The van der Waals surface area contributed by atoms with Crippen LogP contribution in [0.25, 0.3) is 0 Å². The van der Waals surface area contributed by atoms with Crippen LogP contribution in [0.4, 0.5) is 5.69 Å². The molecule has 0 aliphatic carbocycles. The lowest BCUT2D eigenvalue weighted by Gasteiger charge is -2.29. The van der Waals surface area contributed by atoms with E-state index in [2.05, 4.69) is 4.90 Å². The van der Waals surface area contributed by atoms with Gasteiger partial charge in [-0.1, -0.05) is 11.6 Å². The number of methoxy groups -OCH3 is 1. The second kappa shape index (κ2) is 6.18. The number of nitrogens with zero attached hydrogens (tertiary/aromatic N) is 1. The van der Waals surface area contributed by atoms with E-state index in [4.69, 9.17) is 21.1 Å². The smallest absolute Gasteiger partial charge is 0.188 e. The van der Waals surface area contributed by atoms with E-state index in [0.29, 0.717) is 23.8 Å². The normalized spacial score (nSPS) is 15.8. The van der Waals surface area contributed by atoms with Crippen LogP contribution in [0.2, 0.25) is 5.02 Å². The van der Waals surface area contributed by atoms with Crippen molar-refractivity contribution in [2.45, 2.75) is 0 Å². The van der Waals surface area contributed by atoms with Gasteiger partial charge in [0.1, 0.15) is 6.61 Å². The van der Waals surface area contributed by atoms with E-state index in [9.17, 15) is 4.79 Å². The monoisotopic (exact) mass is 269 g/mol. The minimum absolute atomic E-state index is 0.0621. The molecule has 1 aliphatic rings. The van der Waals surface area contributed by atoms with Gasteiger partial charge < -0.3 is 14.4 Å². The van der Waals surface area contributed by atoms with Crippen molar-refractivity contribution in [3.8, 4) is 0 Å². The summed E-state index contributed by atoms with van der Waals surface area (Å²) in [5, 5.41) is 0.596. The fourth-order valence-corrected chi connectivity index (χ4v) is 2.26. The van der Waals surface area contributed by atoms with Crippen LogP contribution in [0.1, 0.15) is 10.4 Å². The molecule has 0 saturated carbocycles. The average Bonchev–Trinajstić information content (AvgIpc) is 2.40. The minimum atomic E-state index is -0.0621. The topological polar surface area (TPSA) is 38.8 Å². The highest BCUT2D eigenvalue weighted by Gasteiger charge is 2.15. The predicted molar refractivity (Wildman–Crippen MR) is 70.7 cm³/mol. The van der Waals surface area contributed by atoms with Crippen molar-refractivity contribution in [2.75, 3.05) is 44.9 Å². The van der Waals surface area contributed by atoms with Gasteiger partial charge in [0.25, 0.3) is 0 Å². The van der Waals surface area contributed by atoms with Crippen molar-refractivity contribution >= 4 is 23.1 Å². The number of carbonyl (C=O) groups excluding carboxylic acids is 1. The number of morpholine rings is 1. The highest BCUT2D eigenvalue weighted by molar-refractivity contribution is 6.33. The number of rotatable bonds is 4. The van der Waals surface area contributed by atoms with Crippen molar-refractivity contribution in [2.24, 2.45) is 0 Å². The number of halogens is 1. The molecule has 0 atom stereocenters. The lowest BCUT2D eigenvalue weighted by Crippen LogP contribution is -2.36. The first kappa shape index (κ1) is 13.3. The third-order valence-corrected chi connectivity index (χ3v) is 3.20. The van der Waals surface area contributed by atoms with E-state index in [0.717, 1.165) is 18.8 Å². The van der Waals surface area contributed by atoms with E-state index < -0.39 is 0 Å². The Balaban J connectivity index is 2.16. The van der Waals surface area contributed by atoms with Crippen LogP contribution in [-0.2, 0) is 9.47 Å². The third-order valence-electron chi connectivity index (χ3n) is 2.90. The fraction of sp³-hybridized carbons (Fsp3) is 0.462. The standard InChI is InChI=1S/C13H16ClNO3/c1-17-9-13(16)10-2-3-12(11(14)8-10)15-4-6-18-7-5-15/h2-3,8H,4-7,9H2,1H3. The van der Waals surface area contributed by atoms with Crippen molar-refractivity contribution in [3.05, 3.63) is 28.8 Å². The summed E-state index contributed by atoms with van der Waals surface area (Å²) in [6.45, 7) is 3.14. The summed E-state index contributed by atoms with van der Waals surface area (Å²) in [5.74, 6) is -0.0621. The summed E-state index contributed by atoms with van der Waals surface area (Å²) in [5.41, 5.74) is 1.53. The van der Waals surface area contributed by atoms with Gasteiger partial charge in [-0.2, -0.15) is 0 Å². The Morgan fingerprint density at radius 1 is 1.44 bits per heavy atom. The molecule has 1 aliphatic heterocycles. The molecule has 0 spiro atoms. The summed E-state index contributed by atoms with van der Waals surface area (Å²) in [6.07, 6.45) is 0. The van der Waals surface area contributed by atoms with Gasteiger partial charge in [-0.15, -0.1) is 0 Å². The molecule has 18 heavy (non-hydrogen) atoms. The first-order chi connectivity index (χ1) is 8.72. The van der Waals surface area contributed by atoms with Crippen molar-refractivity contribution in [1.82, 2.24) is 0 Å². The van der Waals surface area contributed by atoms with Crippen LogP contribution in [0.5, 0.6) is 0 Å². The molecule has 0 radical (unpaired) electrons. The first-order valence-corrected chi connectivity index (χ1v) is 6.24. The van der Waals surface area contributed by atoms with E-state index in [1.807, 2.05) is 6.07 Å². The largest absolute Gasteiger partial charge is 0.378 e. The van der Waals surface area contributed by atoms with Crippen LogP contribution >= 0.6 is 11.6 Å². The van der Waals surface area contributed by atoms with Gasteiger partial charge in [0.2, 0.25) is 0 Å². The zero-order chi connectivity index (χ0) is 13.0. The first-order valence-electron chi connectivity index (χ1n) is 5.87. The summed E-state index contributed by atoms with van der Waals surface area (Å²) in [4.78, 5) is 13.8. The number of carbonyl (C=O) groups is 1. The van der Waals surface area contributed by atoms with E-state index in [1.165, 1.54) is 7.11 Å². The van der Waals surface area contributed by atoms with Gasteiger partial charge in [0.05, 0.1) is 23.9 Å². The summed E-state index contributed by atoms with van der Waals surface area (Å²) >= 11 is 6.23. The third kappa shape index (κ3) is 3.02. The van der Waals surface area contributed by atoms with E-state index in [1.54, 1.807) is 12.1 Å². The van der Waals surface area contributed by atoms with Gasteiger partial charge in [0, 0.05) is 25.8 Å². The molecular formula is C13H16ClNO3. The Hall–Kier alpha value is -1.10. The highest BCUT2D eigenvalue weighted by atomic mass is 35.5. The molecule has 1 aromatic rings. The van der Waals surface area contributed by atoms with Crippen LogP contribution in [0, 0.1) is 0 Å². The Morgan fingerprint density at radius 3 is 2.78 bits per heavy atom. The van der Waals surface area contributed by atoms with Gasteiger partial charge in [-0.25, -0.2) is 0 Å². The Bertz CT molecular complexity index is 430. The number of ether oxygens (including phenoxy) is 2. The maximum Gasteiger partial charge on any atom is 0.188 e. The molecule has 0 unspecified atom stereocenters. The van der Waals surface area contributed by atoms with Crippen LogP contribution in [-0.4, -0.2) is 45.8 Å².